The van der Waals surface area contributed by atoms with Gasteiger partial charge in [0.1, 0.15) is 5.60 Å². The largest absolute Gasteiger partial charge is 0.444 e. The summed E-state index contributed by atoms with van der Waals surface area (Å²) in [5.41, 5.74) is -0.424. The molecular formula is C16H32N2O2. The molecular weight excluding hydrogens is 252 g/mol. The summed E-state index contributed by atoms with van der Waals surface area (Å²) in [4.78, 5) is 13.5. The van der Waals surface area contributed by atoms with Crippen molar-refractivity contribution in [3.05, 3.63) is 0 Å². The molecule has 1 aliphatic rings. The van der Waals surface area contributed by atoms with Crippen molar-refractivity contribution >= 4 is 6.09 Å². The van der Waals surface area contributed by atoms with E-state index in [1.807, 2.05) is 20.8 Å². The molecule has 4 nitrogen and oxygen atoms in total. The lowest BCUT2D eigenvalue weighted by Crippen LogP contribution is -2.42. The number of likely N-dealkylation sites (N-methyl/N-ethyl adjacent to an activating group) is 1. The Morgan fingerprint density at radius 3 is 2.25 bits per heavy atom. The molecule has 1 rings (SSSR count). The lowest BCUT2D eigenvalue weighted by molar-refractivity contribution is 0.0298. The van der Waals surface area contributed by atoms with E-state index >= 15 is 0 Å². The summed E-state index contributed by atoms with van der Waals surface area (Å²) in [5, 5.41) is 3.58. The molecule has 0 radical (unpaired) electrons. The smallest absolute Gasteiger partial charge is 0.410 e. The fourth-order valence-electron chi connectivity index (χ4n) is 2.98. The van der Waals surface area contributed by atoms with Gasteiger partial charge in [-0.1, -0.05) is 13.8 Å². The molecule has 0 aromatic rings. The monoisotopic (exact) mass is 284 g/mol. The zero-order valence-electron chi connectivity index (χ0n) is 14.0. The Bertz CT molecular complexity index is 302. The van der Waals surface area contributed by atoms with Crippen molar-refractivity contribution in [2.24, 2.45) is 11.8 Å². The van der Waals surface area contributed by atoms with Gasteiger partial charge in [-0.3, -0.25) is 0 Å². The molecule has 0 heterocycles. The third-order valence-corrected chi connectivity index (χ3v) is 3.76. The Kier molecular flexibility index (Phi) is 6.31. The maximum Gasteiger partial charge on any atom is 0.410 e. The van der Waals surface area contributed by atoms with Crippen LogP contribution in [0.4, 0.5) is 4.79 Å². The van der Waals surface area contributed by atoms with E-state index in [-0.39, 0.29) is 6.09 Å². The zero-order chi connectivity index (χ0) is 15.3. The van der Waals surface area contributed by atoms with Gasteiger partial charge in [-0.05, 0) is 51.9 Å². The first-order chi connectivity index (χ1) is 9.17. The van der Waals surface area contributed by atoms with E-state index in [4.69, 9.17) is 4.74 Å². The molecule has 0 spiro atoms. The van der Waals surface area contributed by atoms with Gasteiger partial charge in [-0.25, -0.2) is 4.79 Å². The van der Waals surface area contributed by atoms with Gasteiger partial charge in [-0.15, -0.1) is 0 Å². The lowest BCUT2D eigenvalue weighted by atomic mass is 9.80. The summed E-state index contributed by atoms with van der Waals surface area (Å²) in [6.45, 7) is 11.9. The van der Waals surface area contributed by atoms with Crippen LogP contribution in [0.1, 0.15) is 53.9 Å². The number of hydrogen-bond donors (Lipinski definition) is 1. The van der Waals surface area contributed by atoms with Crippen LogP contribution in [0.5, 0.6) is 0 Å². The predicted octanol–water partition coefficient (Wildman–Crippen LogP) is 3.27. The summed E-state index contributed by atoms with van der Waals surface area (Å²) < 4.78 is 5.34. The van der Waals surface area contributed by atoms with E-state index in [2.05, 4.69) is 19.2 Å². The summed E-state index contributed by atoms with van der Waals surface area (Å²) in [7, 11) is 1.79. The molecule has 1 aliphatic carbocycles. The SMILES string of the molecule is CC1CC(C)CC(NCCN(C)C(=O)OC(C)(C)C)C1. The van der Waals surface area contributed by atoms with E-state index in [9.17, 15) is 4.79 Å². The quantitative estimate of drug-likeness (QED) is 0.861. The van der Waals surface area contributed by atoms with Crippen LogP contribution >= 0.6 is 0 Å². The minimum atomic E-state index is -0.424. The topological polar surface area (TPSA) is 41.6 Å². The van der Waals surface area contributed by atoms with Gasteiger partial charge in [0.15, 0.2) is 0 Å². The van der Waals surface area contributed by atoms with Crippen molar-refractivity contribution in [2.45, 2.75) is 65.5 Å². The molecule has 1 saturated carbocycles. The zero-order valence-corrected chi connectivity index (χ0v) is 14.0. The van der Waals surface area contributed by atoms with Crippen molar-refractivity contribution in [3.8, 4) is 0 Å². The minimum Gasteiger partial charge on any atom is -0.444 e. The van der Waals surface area contributed by atoms with Crippen LogP contribution in [0.15, 0.2) is 0 Å². The first-order valence-corrected chi connectivity index (χ1v) is 7.85. The predicted molar refractivity (Wildman–Crippen MR) is 82.8 cm³/mol. The highest BCUT2D eigenvalue weighted by Gasteiger charge is 2.24. The molecule has 0 aromatic carbocycles. The molecule has 2 atom stereocenters. The highest BCUT2D eigenvalue weighted by Crippen LogP contribution is 2.28. The number of amides is 1. The molecule has 0 saturated heterocycles. The van der Waals surface area contributed by atoms with E-state index in [0.717, 1.165) is 18.4 Å². The van der Waals surface area contributed by atoms with Crippen LogP contribution in [-0.4, -0.2) is 42.8 Å². The molecule has 20 heavy (non-hydrogen) atoms. The third kappa shape index (κ3) is 6.60. The molecule has 1 amide bonds. The van der Waals surface area contributed by atoms with E-state index in [1.165, 1.54) is 19.3 Å². The average Bonchev–Trinajstić information content (AvgIpc) is 2.25. The van der Waals surface area contributed by atoms with Crippen LogP contribution < -0.4 is 5.32 Å². The number of carbonyl (C=O) groups is 1. The van der Waals surface area contributed by atoms with Crippen molar-refractivity contribution in [2.75, 3.05) is 20.1 Å². The molecule has 4 heteroatoms. The number of ether oxygens (including phenoxy) is 1. The van der Waals surface area contributed by atoms with Gasteiger partial charge < -0.3 is 15.0 Å². The second-order valence-corrected chi connectivity index (χ2v) is 7.47. The minimum absolute atomic E-state index is 0.246. The van der Waals surface area contributed by atoms with E-state index in [0.29, 0.717) is 12.6 Å². The Hall–Kier alpha value is -0.770. The van der Waals surface area contributed by atoms with Crippen molar-refractivity contribution in [1.82, 2.24) is 10.2 Å². The molecule has 118 valence electrons. The number of rotatable bonds is 4. The molecule has 2 unspecified atom stereocenters. The fourth-order valence-corrected chi connectivity index (χ4v) is 2.98. The van der Waals surface area contributed by atoms with Crippen molar-refractivity contribution in [3.63, 3.8) is 0 Å². The van der Waals surface area contributed by atoms with Gasteiger partial charge in [0.2, 0.25) is 0 Å². The Balaban J connectivity index is 2.24. The van der Waals surface area contributed by atoms with Crippen LogP contribution in [0, 0.1) is 11.8 Å². The highest BCUT2D eigenvalue weighted by atomic mass is 16.6. The standard InChI is InChI=1S/C16H32N2O2/c1-12-9-13(2)11-14(10-12)17-7-8-18(6)15(19)20-16(3,4)5/h12-14,17H,7-11H2,1-6H3. The Labute approximate surface area is 124 Å². The van der Waals surface area contributed by atoms with E-state index < -0.39 is 5.60 Å². The lowest BCUT2D eigenvalue weighted by Gasteiger charge is -2.32. The average molecular weight is 284 g/mol. The first kappa shape index (κ1) is 17.3. The van der Waals surface area contributed by atoms with Crippen LogP contribution in [0.25, 0.3) is 0 Å². The highest BCUT2D eigenvalue weighted by molar-refractivity contribution is 5.67. The second kappa shape index (κ2) is 7.30. The number of nitrogens with zero attached hydrogens (tertiary/aromatic N) is 1. The van der Waals surface area contributed by atoms with Crippen molar-refractivity contribution < 1.29 is 9.53 Å². The summed E-state index contributed by atoms with van der Waals surface area (Å²) >= 11 is 0. The normalized spacial score (nSPS) is 27.2. The van der Waals surface area contributed by atoms with Gasteiger partial charge in [0.05, 0.1) is 0 Å². The van der Waals surface area contributed by atoms with Crippen LogP contribution in [0.2, 0.25) is 0 Å². The maximum atomic E-state index is 11.8. The molecule has 0 bridgehead atoms. The third-order valence-electron chi connectivity index (χ3n) is 3.76. The van der Waals surface area contributed by atoms with Gasteiger partial charge in [0.25, 0.3) is 0 Å². The summed E-state index contributed by atoms with van der Waals surface area (Å²) in [6, 6.07) is 0.598. The summed E-state index contributed by atoms with van der Waals surface area (Å²) in [6.07, 6.45) is 3.60. The van der Waals surface area contributed by atoms with Crippen LogP contribution in [0.3, 0.4) is 0 Å². The maximum absolute atomic E-state index is 11.8. The molecule has 0 aromatic heterocycles. The second-order valence-electron chi connectivity index (χ2n) is 7.47. The van der Waals surface area contributed by atoms with E-state index in [1.54, 1.807) is 11.9 Å². The number of hydrogen-bond acceptors (Lipinski definition) is 3. The number of nitrogens with one attached hydrogen (secondary N) is 1. The molecule has 1 N–H and O–H groups in total. The molecule has 1 fully saturated rings. The Morgan fingerprint density at radius 1 is 1.20 bits per heavy atom. The van der Waals surface area contributed by atoms with Gasteiger partial charge in [-0.2, -0.15) is 0 Å². The Morgan fingerprint density at radius 2 is 1.75 bits per heavy atom. The summed E-state index contributed by atoms with van der Waals surface area (Å²) in [5.74, 6) is 1.61. The van der Waals surface area contributed by atoms with Crippen LogP contribution in [-0.2, 0) is 4.74 Å². The van der Waals surface area contributed by atoms with Crippen molar-refractivity contribution in [1.29, 1.82) is 0 Å². The first-order valence-electron chi connectivity index (χ1n) is 7.85. The van der Waals surface area contributed by atoms with Gasteiger partial charge in [0, 0.05) is 26.2 Å². The van der Waals surface area contributed by atoms with Gasteiger partial charge >= 0.3 is 6.09 Å². The molecule has 0 aliphatic heterocycles. The fraction of sp³-hybridized carbons (Fsp3) is 0.938. The number of carbonyl (C=O) groups excluding carboxylic acids is 1.